The van der Waals surface area contributed by atoms with Crippen LogP contribution in [0, 0.1) is 6.92 Å². The number of nitrogens with zero attached hydrogens (tertiary/aromatic N) is 1. The van der Waals surface area contributed by atoms with E-state index in [0.717, 1.165) is 5.56 Å². The molecule has 1 aliphatic rings. The van der Waals surface area contributed by atoms with Gasteiger partial charge in [-0.2, -0.15) is 12.8 Å². The summed E-state index contributed by atoms with van der Waals surface area (Å²) in [5.74, 6) is -0.210. The fourth-order valence-electron chi connectivity index (χ4n) is 1.89. The van der Waals surface area contributed by atoms with Crippen LogP contribution in [0.15, 0.2) is 42.5 Å². The zero-order valence-corrected chi connectivity index (χ0v) is 19.1. The molecule has 0 bridgehead atoms. The Hall–Kier alpha value is 0.170. The van der Waals surface area contributed by atoms with Crippen LogP contribution in [0.5, 0.6) is 0 Å². The van der Waals surface area contributed by atoms with Crippen molar-refractivity contribution in [2.75, 3.05) is 0 Å². The number of hydrogen-bond acceptors (Lipinski definition) is 3. The van der Waals surface area contributed by atoms with E-state index in [2.05, 4.69) is 68.1 Å². The molecule has 0 spiro atoms. The summed E-state index contributed by atoms with van der Waals surface area (Å²) >= 11 is 13.2. The minimum Gasteiger partial charge on any atom is -0.292 e. The van der Waals surface area contributed by atoms with E-state index >= 15 is 0 Å². The summed E-state index contributed by atoms with van der Waals surface area (Å²) in [6.45, 7) is 3.53. The fourth-order valence-corrected chi connectivity index (χ4v) is 5.82. The first-order chi connectivity index (χ1) is 10.5. The Morgan fingerprint density at radius 1 is 1.13 bits per heavy atom. The topological polar surface area (TPSA) is 63.6 Å². The van der Waals surface area contributed by atoms with Gasteiger partial charge in [0.15, 0.2) is 5.78 Å². The Labute approximate surface area is 168 Å². The number of hydrogen-bond donors (Lipinski definition) is 0. The predicted octanol–water partition coefficient (Wildman–Crippen LogP) is 4.63. The molecule has 23 heavy (non-hydrogen) atoms. The Kier molecular flexibility index (Phi) is 5.78. The summed E-state index contributed by atoms with van der Waals surface area (Å²) in [6.07, 6.45) is 0. The number of carbonyl (C=O) groups is 1. The first-order valence-corrected chi connectivity index (χ1v) is 11.1. The molecule has 0 fully saturated rings. The summed E-state index contributed by atoms with van der Waals surface area (Å²) < 4.78 is 28.6. The van der Waals surface area contributed by atoms with Gasteiger partial charge in [0.25, 0.3) is 10.0 Å². The monoisotopic (exact) mass is 589 g/mol. The molecule has 0 aromatic heterocycles. The van der Waals surface area contributed by atoms with Crippen LogP contribution < -0.4 is 0 Å². The zero-order chi connectivity index (χ0) is 17.6. The maximum absolute atomic E-state index is 12.5. The smallest absolute Gasteiger partial charge is 0.282 e. The third-order valence-electron chi connectivity index (χ3n) is 3.31. The maximum Gasteiger partial charge on any atom is 0.282 e. The summed E-state index contributed by atoms with van der Waals surface area (Å²) in [7, 11) is -3.89. The van der Waals surface area contributed by atoms with Crippen LogP contribution in [0.25, 0.3) is 0 Å². The highest BCUT2D eigenvalue weighted by Crippen LogP contribution is 2.43. The van der Waals surface area contributed by atoms with E-state index in [0.29, 0.717) is 4.48 Å². The Balaban J connectivity index is 2.61. The number of halogens is 4. The standard InChI is InChI=1S/C14H11Br4NO3S/c1-7-3-5-8(6-4-7)23(21,22)19-11-9(15)10(16)13(20)14(2,18)12(11)17/h3-6,12H,1-2H3. The largest absolute Gasteiger partial charge is 0.292 e. The van der Waals surface area contributed by atoms with Crippen LogP contribution in [0.4, 0.5) is 0 Å². The maximum atomic E-state index is 12.5. The number of benzene rings is 1. The molecule has 4 nitrogen and oxygen atoms in total. The zero-order valence-electron chi connectivity index (χ0n) is 12.0. The fraction of sp³-hybridized carbons (Fsp3) is 0.286. The van der Waals surface area contributed by atoms with Gasteiger partial charge in [0, 0.05) is 0 Å². The van der Waals surface area contributed by atoms with E-state index in [1.165, 1.54) is 12.1 Å². The van der Waals surface area contributed by atoms with Crippen molar-refractivity contribution in [3.8, 4) is 0 Å². The van der Waals surface area contributed by atoms with Crippen molar-refractivity contribution < 1.29 is 13.2 Å². The number of ketones is 1. The van der Waals surface area contributed by atoms with Gasteiger partial charge in [0.1, 0.15) is 4.32 Å². The van der Waals surface area contributed by atoms with Crippen LogP contribution in [0.2, 0.25) is 0 Å². The average molecular weight is 593 g/mol. The number of alkyl halides is 2. The lowest BCUT2D eigenvalue weighted by atomic mass is 9.93. The van der Waals surface area contributed by atoms with Gasteiger partial charge in [-0.3, -0.25) is 4.79 Å². The molecule has 0 radical (unpaired) electrons. The molecule has 9 heteroatoms. The Morgan fingerprint density at radius 3 is 2.17 bits per heavy atom. The lowest BCUT2D eigenvalue weighted by Crippen LogP contribution is -2.46. The molecule has 1 aromatic rings. The van der Waals surface area contributed by atoms with E-state index in [1.54, 1.807) is 19.1 Å². The third-order valence-corrected chi connectivity index (χ3v) is 9.49. The van der Waals surface area contributed by atoms with E-state index in [4.69, 9.17) is 0 Å². The van der Waals surface area contributed by atoms with E-state index in [1.807, 2.05) is 6.92 Å². The minimum atomic E-state index is -3.89. The SMILES string of the molecule is Cc1ccc(S(=O)(=O)N=C2C(Br)=C(Br)C(=O)C(C)(Br)C2Br)cc1. The van der Waals surface area contributed by atoms with Gasteiger partial charge in [0.2, 0.25) is 0 Å². The second kappa shape index (κ2) is 6.82. The molecular weight excluding hydrogens is 582 g/mol. The Morgan fingerprint density at radius 2 is 1.65 bits per heavy atom. The van der Waals surface area contributed by atoms with Crippen LogP contribution in [-0.4, -0.2) is 29.1 Å². The number of carbonyl (C=O) groups excluding carboxylic acids is 1. The predicted molar refractivity (Wildman–Crippen MR) is 106 cm³/mol. The number of aryl methyl sites for hydroxylation is 1. The van der Waals surface area contributed by atoms with Crippen molar-refractivity contribution in [3.05, 3.63) is 38.8 Å². The van der Waals surface area contributed by atoms with Gasteiger partial charge in [-0.25, -0.2) is 0 Å². The molecule has 2 unspecified atom stereocenters. The average Bonchev–Trinajstić information content (AvgIpc) is 2.49. The van der Waals surface area contributed by atoms with Crippen molar-refractivity contribution >= 4 is 85.2 Å². The van der Waals surface area contributed by atoms with E-state index in [9.17, 15) is 13.2 Å². The highest BCUT2D eigenvalue weighted by molar-refractivity contribution is 9.15. The van der Waals surface area contributed by atoms with Gasteiger partial charge in [-0.15, -0.1) is 0 Å². The first-order valence-electron chi connectivity index (χ1n) is 6.33. The number of Topliss-reactive ketones (excluding diaryl/α,β-unsaturated/α-hetero) is 1. The molecule has 1 aromatic carbocycles. The normalized spacial score (nSPS) is 27.7. The number of rotatable bonds is 2. The van der Waals surface area contributed by atoms with E-state index < -0.39 is 19.2 Å². The van der Waals surface area contributed by atoms with Crippen LogP contribution in [-0.2, 0) is 14.8 Å². The molecular formula is C14H11Br4NO3S. The molecule has 124 valence electrons. The van der Waals surface area contributed by atoms with Gasteiger partial charge in [-0.1, -0.05) is 49.6 Å². The molecule has 1 aliphatic carbocycles. The number of sulfonamides is 1. The van der Waals surface area contributed by atoms with E-state index in [-0.39, 0.29) is 20.9 Å². The molecule has 2 rings (SSSR count). The summed E-state index contributed by atoms with van der Waals surface area (Å²) in [5.41, 5.74) is 1.17. The van der Waals surface area contributed by atoms with Crippen molar-refractivity contribution in [3.63, 3.8) is 0 Å². The van der Waals surface area contributed by atoms with Crippen molar-refractivity contribution in [2.24, 2.45) is 4.40 Å². The Bertz CT molecular complexity index is 826. The van der Waals surface area contributed by atoms with Crippen LogP contribution in [0.3, 0.4) is 0 Å². The van der Waals surface area contributed by atoms with Gasteiger partial charge in [0.05, 0.1) is 24.4 Å². The molecule has 0 heterocycles. The molecule has 0 N–H and O–H groups in total. The molecule has 0 saturated heterocycles. The second-order valence-electron chi connectivity index (χ2n) is 5.16. The summed E-state index contributed by atoms with van der Waals surface area (Å²) in [6, 6.07) is 6.43. The molecule has 2 atom stereocenters. The lowest BCUT2D eigenvalue weighted by Gasteiger charge is -2.32. The third kappa shape index (κ3) is 3.73. The van der Waals surface area contributed by atoms with Gasteiger partial charge < -0.3 is 0 Å². The van der Waals surface area contributed by atoms with Crippen molar-refractivity contribution in [1.29, 1.82) is 0 Å². The highest BCUT2D eigenvalue weighted by Gasteiger charge is 2.47. The first kappa shape index (κ1) is 19.5. The van der Waals surface area contributed by atoms with Gasteiger partial charge >= 0.3 is 0 Å². The van der Waals surface area contributed by atoms with Crippen LogP contribution >= 0.6 is 63.7 Å². The van der Waals surface area contributed by atoms with Crippen molar-refractivity contribution in [2.45, 2.75) is 27.9 Å². The summed E-state index contributed by atoms with van der Waals surface area (Å²) in [4.78, 5) is 11.8. The van der Waals surface area contributed by atoms with Crippen LogP contribution in [0.1, 0.15) is 12.5 Å². The van der Waals surface area contributed by atoms with Crippen molar-refractivity contribution in [1.82, 2.24) is 0 Å². The second-order valence-corrected chi connectivity index (χ2v) is 10.9. The van der Waals surface area contributed by atoms with Gasteiger partial charge in [-0.05, 0) is 57.8 Å². The quantitative estimate of drug-likeness (QED) is 0.471. The molecule has 0 aliphatic heterocycles. The summed E-state index contributed by atoms with van der Waals surface area (Å²) in [5, 5.41) is 0. The number of allylic oxidation sites excluding steroid dienone is 2. The molecule has 0 saturated carbocycles. The minimum absolute atomic E-state index is 0.0971. The molecule has 0 amide bonds. The highest BCUT2D eigenvalue weighted by atomic mass is 79.9. The lowest BCUT2D eigenvalue weighted by molar-refractivity contribution is -0.116.